The number of hydrogen-bond donors (Lipinski definition) is 1. The molecule has 0 bridgehead atoms. The molecule has 0 amide bonds. The van der Waals surface area contributed by atoms with Crippen LogP contribution in [0.3, 0.4) is 0 Å². The van der Waals surface area contributed by atoms with Gasteiger partial charge in [0.05, 0.1) is 11.1 Å². The van der Waals surface area contributed by atoms with E-state index in [4.69, 9.17) is 0 Å². The van der Waals surface area contributed by atoms with Gasteiger partial charge in [-0.05, 0) is 53.8 Å². The van der Waals surface area contributed by atoms with Crippen molar-refractivity contribution in [1.29, 1.82) is 0 Å². The van der Waals surface area contributed by atoms with E-state index in [0.29, 0.717) is 5.56 Å². The van der Waals surface area contributed by atoms with Crippen LogP contribution in [0.5, 0.6) is 0 Å². The zero-order valence-corrected chi connectivity index (χ0v) is 12.5. The quantitative estimate of drug-likeness (QED) is 0.767. The number of carboxylic acid groups (broad SMARTS) is 1. The van der Waals surface area contributed by atoms with Gasteiger partial charge in [0.1, 0.15) is 0 Å². The van der Waals surface area contributed by atoms with Crippen LogP contribution < -0.4 is 0 Å². The topological polar surface area (TPSA) is 50.2 Å². The largest absolute Gasteiger partial charge is 0.478 e. The summed E-state index contributed by atoms with van der Waals surface area (Å²) in [6.07, 6.45) is 5.96. The molecule has 0 aliphatic heterocycles. The number of pyridine rings is 1. The van der Waals surface area contributed by atoms with E-state index in [2.05, 4.69) is 17.1 Å². The Morgan fingerprint density at radius 2 is 1.96 bits per heavy atom. The first-order valence-corrected chi connectivity index (χ1v) is 7.64. The normalized spacial score (nSPS) is 13.5. The van der Waals surface area contributed by atoms with Gasteiger partial charge in [-0.1, -0.05) is 30.3 Å². The van der Waals surface area contributed by atoms with Crippen LogP contribution in [0.15, 0.2) is 60.8 Å². The minimum absolute atomic E-state index is 0.324. The Morgan fingerprint density at radius 1 is 1.09 bits per heavy atom. The molecule has 0 spiro atoms. The van der Waals surface area contributed by atoms with Crippen LogP contribution >= 0.6 is 0 Å². The van der Waals surface area contributed by atoms with Crippen molar-refractivity contribution >= 4 is 22.4 Å². The molecule has 0 unspecified atom stereocenters. The van der Waals surface area contributed by atoms with E-state index in [1.165, 1.54) is 5.56 Å². The van der Waals surface area contributed by atoms with Gasteiger partial charge >= 0.3 is 5.97 Å². The molecule has 1 aliphatic rings. The Bertz CT molecular complexity index is 957. The first kappa shape index (κ1) is 13.7. The van der Waals surface area contributed by atoms with E-state index in [-0.39, 0.29) is 0 Å². The van der Waals surface area contributed by atoms with E-state index in [1.807, 2.05) is 36.5 Å². The third kappa shape index (κ3) is 2.40. The van der Waals surface area contributed by atoms with Gasteiger partial charge in [0.15, 0.2) is 0 Å². The molecule has 112 valence electrons. The second kappa shape index (κ2) is 5.36. The van der Waals surface area contributed by atoms with Crippen molar-refractivity contribution in [2.24, 2.45) is 0 Å². The highest BCUT2D eigenvalue weighted by atomic mass is 16.4. The molecule has 1 aromatic heterocycles. The number of hydrogen-bond acceptors (Lipinski definition) is 2. The minimum Gasteiger partial charge on any atom is -0.478 e. The van der Waals surface area contributed by atoms with Gasteiger partial charge in [0.2, 0.25) is 0 Å². The lowest BCUT2D eigenvalue weighted by atomic mass is 9.86. The molecular formula is C20H15NO2. The smallest absolute Gasteiger partial charge is 0.335 e. The second-order valence-corrected chi connectivity index (χ2v) is 5.75. The summed E-state index contributed by atoms with van der Waals surface area (Å²) in [5.41, 5.74) is 5.60. The van der Waals surface area contributed by atoms with Gasteiger partial charge < -0.3 is 5.11 Å². The lowest BCUT2D eigenvalue weighted by Gasteiger charge is -2.19. The number of aromatic carboxylic acids is 1. The van der Waals surface area contributed by atoms with Crippen molar-refractivity contribution in [3.8, 4) is 0 Å². The van der Waals surface area contributed by atoms with Crippen LogP contribution in [0.4, 0.5) is 0 Å². The van der Waals surface area contributed by atoms with Gasteiger partial charge in [0, 0.05) is 17.1 Å². The van der Waals surface area contributed by atoms with Crippen molar-refractivity contribution in [2.45, 2.75) is 12.8 Å². The third-order valence-corrected chi connectivity index (χ3v) is 4.31. The highest BCUT2D eigenvalue weighted by Gasteiger charge is 2.17. The summed E-state index contributed by atoms with van der Waals surface area (Å²) in [6.45, 7) is 0. The Balaban J connectivity index is 1.87. The molecule has 1 N–H and O–H groups in total. The molecule has 0 radical (unpaired) electrons. The first-order chi connectivity index (χ1) is 11.2. The van der Waals surface area contributed by atoms with Crippen LogP contribution in [0.1, 0.15) is 33.5 Å². The molecule has 2 aromatic carbocycles. The Labute approximate surface area is 133 Å². The Hall–Kier alpha value is -2.94. The molecule has 3 aromatic rings. The summed E-state index contributed by atoms with van der Waals surface area (Å²) >= 11 is 0. The van der Waals surface area contributed by atoms with Gasteiger partial charge in [-0.15, -0.1) is 0 Å². The predicted octanol–water partition coefficient (Wildman–Crippen LogP) is 4.31. The highest BCUT2D eigenvalue weighted by Crippen LogP contribution is 2.33. The predicted molar refractivity (Wildman–Crippen MR) is 90.5 cm³/mol. The van der Waals surface area contributed by atoms with Crippen LogP contribution in [0.2, 0.25) is 0 Å². The lowest BCUT2D eigenvalue weighted by Crippen LogP contribution is -2.05. The average Bonchev–Trinajstić information content (AvgIpc) is 2.60. The number of carboxylic acids is 1. The maximum absolute atomic E-state index is 11.3. The van der Waals surface area contributed by atoms with E-state index >= 15 is 0 Å². The van der Waals surface area contributed by atoms with Crippen LogP contribution in [0, 0.1) is 0 Å². The molecule has 0 fully saturated rings. The van der Waals surface area contributed by atoms with Crippen LogP contribution in [-0.2, 0) is 6.42 Å². The number of aromatic nitrogens is 1. The standard InChI is InChI=1S/C20H15NO2/c22-20(23)15-9-8-13-5-3-6-17(18(13)11-15)16-10-14-4-1-2-7-19(14)21-12-16/h1-2,4,6-12H,3,5H2,(H,22,23). The zero-order valence-electron chi connectivity index (χ0n) is 12.5. The lowest BCUT2D eigenvalue weighted by molar-refractivity contribution is 0.0697. The maximum Gasteiger partial charge on any atom is 0.335 e. The molecule has 0 saturated carbocycles. The van der Waals surface area contributed by atoms with Crippen molar-refractivity contribution in [3.05, 3.63) is 83.1 Å². The molecule has 1 aliphatic carbocycles. The molecule has 0 saturated heterocycles. The van der Waals surface area contributed by atoms with Gasteiger partial charge in [0.25, 0.3) is 0 Å². The van der Waals surface area contributed by atoms with Gasteiger partial charge in [-0.2, -0.15) is 0 Å². The van der Waals surface area contributed by atoms with E-state index in [1.54, 1.807) is 12.1 Å². The SMILES string of the molecule is O=C(O)c1ccc2c(c1)C(c1cnc3ccccc3c1)=CCC2. The van der Waals surface area contributed by atoms with Crippen LogP contribution in [-0.4, -0.2) is 16.1 Å². The van der Waals surface area contributed by atoms with E-state index in [9.17, 15) is 9.90 Å². The first-order valence-electron chi connectivity index (χ1n) is 7.64. The van der Waals surface area contributed by atoms with Crippen molar-refractivity contribution in [1.82, 2.24) is 4.98 Å². The summed E-state index contributed by atoms with van der Waals surface area (Å²) in [5.74, 6) is -0.894. The Kier molecular flexibility index (Phi) is 3.19. The number of allylic oxidation sites excluding steroid dienone is 1. The molecule has 0 atom stereocenters. The molecule has 4 rings (SSSR count). The van der Waals surface area contributed by atoms with Crippen molar-refractivity contribution < 1.29 is 9.90 Å². The number of fused-ring (bicyclic) bond motifs is 2. The fraction of sp³-hybridized carbons (Fsp3) is 0.100. The number of rotatable bonds is 2. The summed E-state index contributed by atoms with van der Waals surface area (Å²) in [7, 11) is 0. The Morgan fingerprint density at radius 3 is 2.83 bits per heavy atom. The summed E-state index contributed by atoms with van der Waals surface area (Å²) in [5, 5.41) is 10.3. The molecule has 23 heavy (non-hydrogen) atoms. The fourth-order valence-corrected chi connectivity index (χ4v) is 3.15. The number of aryl methyl sites for hydroxylation is 1. The number of nitrogens with zero attached hydrogens (tertiary/aromatic N) is 1. The molecular weight excluding hydrogens is 286 g/mol. The summed E-state index contributed by atoms with van der Waals surface area (Å²) in [6, 6.07) is 15.5. The zero-order chi connectivity index (χ0) is 15.8. The number of para-hydroxylation sites is 1. The average molecular weight is 301 g/mol. The fourth-order valence-electron chi connectivity index (χ4n) is 3.15. The highest BCUT2D eigenvalue weighted by molar-refractivity contribution is 5.92. The third-order valence-electron chi connectivity index (χ3n) is 4.31. The van der Waals surface area contributed by atoms with Gasteiger partial charge in [-0.3, -0.25) is 4.98 Å². The van der Waals surface area contributed by atoms with Crippen LogP contribution in [0.25, 0.3) is 16.5 Å². The molecule has 3 nitrogen and oxygen atoms in total. The van der Waals surface area contributed by atoms with E-state index in [0.717, 1.165) is 40.4 Å². The van der Waals surface area contributed by atoms with Crippen molar-refractivity contribution in [3.63, 3.8) is 0 Å². The molecule has 1 heterocycles. The van der Waals surface area contributed by atoms with E-state index < -0.39 is 5.97 Å². The maximum atomic E-state index is 11.3. The summed E-state index contributed by atoms with van der Waals surface area (Å²) in [4.78, 5) is 15.8. The van der Waals surface area contributed by atoms with Crippen molar-refractivity contribution in [2.75, 3.05) is 0 Å². The molecule has 3 heteroatoms. The van der Waals surface area contributed by atoms with Gasteiger partial charge in [-0.25, -0.2) is 4.79 Å². The second-order valence-electron chi connectivity index (χ2n) is 5.75. The summed E-state index contributed by atoms with van der Waals surface area (Å²) < 4.78 is 0. The number of benzene rings is 2. The monoisotopic (exact) mass is 301 g/mol. The number of carbonyl (C=O) groups is 1. The minimum atomic E-state index is -0.894.